The lowest BCUT2D eigenvalue weighted by atomic mass is 9.99. The van der Waals surface area contributed by atoms with E-state index in [4.69, 9.17) is 5.11 Å². The first-order valence-corrected chi connectivity index (χ1v) is 6.06. The normalized spacial score (nSPS) is 12.0. The molecule has 20 heavy (non-hydrogen) atoms. The molecular weight excluding hydrogens is 264 g/mol. The highest BCUT2D eigenvalue weighted by Crippen LogP contribution is 2.27. The van der Waals surface area contributed by atoms with Crippen LogP contribution in [-0.4, -0.2) is 27.9 Å². The van der Waals surface area contributed by atoms with Gasteiger partial charge >= 0.3 is 5.97 Å². The number of amides is 1. The van der Waals surface area contributed by atoms with Crippen molar-refractivity contribution in [2.45, 2.75) is 32.7 Å². The van der Waals surface area contributed by atoms with Crippen molar-refractivity contribution in [3.8, 4) is 0 Å². The Bertz CT molecular complexity index is 554. The van der Waals surface area contributed by atoms with Crippen LogP contribution in [0.2, 0.25) is 0 Å². The predicted octanol–water partition coefficient (Wildman–Crippen LogP) is 1.92. The highest BCUT2D eigenvalue weighted by atomic mass is 16.6. The first-order chi connectivity index (χ1) is 9.23. The monoisotopic (exact) mass is 280 g/mol. The molecule has 1 aromatic carbocycles. The van der Waals surface area contributed by atoms with Crippen LogP contribution < -0.4 is 5.32 Å². The van der Waals surface area contributed by atoms with Crippen LogP contribution in [0.1, 0.15) is 42.6 Å². The van der Waals surface area contributed by atoms with Crippen LogP contribution in [0, 0.1) is 10.1 Å². The van der Waals surface area contributed by atoms with Gasteiger partial charge in [-0.25, -0.2) is 0 Å². The number of rotatable bonds is 5. The van der Waals surface area contributed by atoms with Gasteiger partial charge in [-0.15, -0.1) is 0 Å². The molecule has 0 unspecified atom stereocenters. The molecule has 1 rings (SSSR count). The highest BCUT2D eigenvalue weighted by Gasteiger charge is 2.21. The molecule has 2 N–H and O–H groups in total. The minimum Gasteiger partial charge on any atom is -0.480 e. The molecule has 0 spiro atoms. The molecule has 0 heterocycles. The summed E-state index contributed by atoms with van der Waals surface area (Å²) in [6.07, 6.45) is 0. The minimum atomic E-state index is -1.17. The molecule has 0 bridgehead atoms. The number of aliphatic carboxylic acids is 1. The third-order valence-electron chi connectivity index (χ3n) is 2.83. The fraction of sp³-hybridized carbons (Fsp3) is 0.385. The highest BCUT2D eigenvalue weighted by molar-refractivity contribution is 5.97. The summed E-state index contributed by atoms with van der Waals surface area (Å²) in [5.41, 5.74) is 0.447. The zero-order valence-electron chi connectivity index (χ0n) is 11.4. The Morgan fingerprint density at radius 1 is 1.30 bits per heavy atom. The average Bonchev–Trinajstić information content (AvgIpc) is 2.37. The number of nitrogens with one attached hydrogen (secondary N) is 1. The van der Waals surface area contributed by atoms with Crippen LogP contribution >= 0.6 is 0 Å². The molecule has 1 aromatic rings. The maximum atomic E-state index is 11.8. The summed E-state index contributed by atoms with van der Waals surface area (Å²) < 4.78 is 0. The molecule has 7 heteroatoms. The fourth-order valence-corrected chi connectivity index (χ4v) is 1.67. The second kappa shape index (κ2) is 6.14. The van der Waals surface area contributed by atoms with Crippen molar-refractivity contribution in [2.75, 3.05) is 0 Å². The summed E-state index contributed by atoms with van der Waals surface area (Å²) in [6.45, 7) is 4.94. The molecule has 1 amide bonds. The van der Waals surface area contributed by atoms with Gasteiger partial charge in [0.15, 0.2) is 0 Å². The van der Waals surface area contributed by atoms with Crippen molar-refractivity contribution >= 4 is 17.6 Å². The van der Waals surface area contributed by atoms with Gasteiger partial charge in [-0.1, -0.05) is 19.9 Å². The Morgan fingerprint density at radius 3 is 2.35 bits per heavy atom. The molecule has 0 aromatic heterocycles. The zero-order valence-corrected chi connectivity index (χ0v) is 11.4. The maximum absolute atomic E-state index is 11.8. The Kier molecular flexibility index (Phi) is 4.79. The third kappa shape index (κ3) is 3.53. The lowest BCUT2D eigenvalue weighted by Crippen LogP contribution is -2.38. The molecule has 0 radical (unpaired) electrons. The summed E-state index contributed by atoms with van der Waals surface area (Å²) in [5, 5.41) is 22.0. The van der Waals surface area contributed by atoms with Gasteiger partial charge in [0.05, 0.1) is 4.92 Å². The predicted molar refractivity (Wildman–Crippen MR) is 71.7 cm³/mol. The van der Waals surface area contributed by atoms with Crippen LogP contribution in [-0.2, 0) is 4.79 Å². The molecule has 0 aliphatic carbocycles. The first-order valence-electron chi connectivity index (χ1n) is 6.06. The summed E-state index contributed by atoms with van der Waals surface area (Å²) in [6, 6.07) is 3.07. The van der Waals surface area contributed by atoms with E-state index in [1.54, 1.807) is 0 Å². The third-order valence-corrected chi connectivity index (χ3v) is 2.83. The molecule has 0 aliphatic rings. The van der Waals surface area contributed by atoms with Crippen LogP contribution in [0.25, 0.3) is 0 Å². The Balaban J connectivity index is 3.09. The Morgan fingerprint density at radius 2 is 1.90 bits per heavy atom. The van der Waals surface area contributed by atoms with Crippen molar-refractivity contribution in [1.29, 1.82) is 0 Å². The summed E-state index contributed by atoms with van der Waals surface area (Å²) in [7, 11) is 0. The van der Waals surface area contributed by atoms with E-state index in [1.807, 2.05) is 13.8 Å². The number of carbonyl (C=O) groups is 2. The standard InChI is InChI=1S/C13H16N2O5/c1-7(2)10-5-4-9(6-11(10)15(19)20)12(16)14-8(3)13(17)18/h4-8H,1-3H3,(H,14,16)(H,17,18)/t8-/m1/s1. The minimum absolute atomic E-state index is 0.0505. The molecule has 0 saturated carbocycles. The summed E-state index contributed by atoms with van der Waals surface area (Å²) in [4.78, 5) is 32.9. The molecule has 1 atom stereocenters. The van der Waals surface area contributed by atoms with E-state index in [0.29, 0.717) is 5.56 Å². The maximum Gasteiger partial charge on any atom is 0.325 e. The van der Waals surface area contributed by atoms with E-state index >= 15 is 0 Å². The molecule has 0 saturated heterocycles. The number of nitro benzene ring substituents is 1. The first kappa shape index (κ1) is 15.6. The van der Waals surface area contributed by atoms with Crippen LogP contribution in [0.5, 0.6) is 0 Å². The van der Waals surface area contributed by atoms with Gasteiger partial charge in [-0.2, -0.15) is 0 Å². The van der Waals surface area contributed by atoms with Gasteiger partial charge in [-0.3, -0.25) is 19.7 Å². The largest absolute Gasteiger partial charge is 0.480 e. The van der Waals surface area contributed by atoms with Gasteiger partial charge < -0.3 is 10.4 Å². The Hall–Kier alpha value is -2.44. The number of nitrogens with zero attached hydrogens (tertiary/aromatic N) is 1. The fourth-order valence-electron chi connectivity index (χ4n) is 1.67. The van der Waals surface area contributed by atoms with Crippen molar-refractivity contribution in [3.05, 3.63) is 39.4 Å². The molecule has 108 valence electrons. The Labute approximate surface area is 115 Å². The van der Waals surface area contributed by atoms with Gasteiger partial charge in [0.25, 0.3) is 11.6 Å². The van der Waals surface area contributed by atoms with Gasteiger partial charge in [-0.05, 0) is 18.9 Å². The summed E-state index contributed by atoms with van der Waals surface area (Å²) >= 11 is 0. The smallest absolute Gasteiger partial charge is 0.325 e. The number of hydrogen-bond acceptors (Lipinski definition) is 4. The van der Waals surface area contributed by atoms with E-state index in [9.17, 15) is 19.7 Å². The number of nitro groups is 1. The molecule has 0 fully saturated rings. The van der Waals surface area contributed by atoms with Crippen LogP contribution in [0.15, 0.2) is 18.2 Å². The number of hydrogen-bond donors (Lipinski definition) is 2. The second-order valence-corrected chi connectivity index (χ2v) is 4.72. The number of benzene rings is 1. The van der Waals surface area contributed by atoms with Crippen molar-refractivity contribution in [2.24, 2.45) is 0 Å². The average molecular weight is 280 g/mol. The van der Waals surface area contributed by atoms with Gasteiger partial charge in [0.1, 0.15) is 6.04 Å². The van der Waals surface area contributed by atoms with E-state index in [0.717, 1.165) is 0 Å². The summed E-state index contributed by atoms with van der Waals surface area (Å²) in [5.74, 6) is -1.88. The SMILES string of the molecule is CC(C)c1ccc(C(=O)N[C@H](C)C(=O)O)cc1[N+](=O)[O-]. The topological polar surface area (TPSA) is 110 Å². The van der Waals surface area contributed by atoms with Gasteiger partial charge in [0, 0.05) is 17.2 Å². The van der Waals surface area contributed by atoms with Crippen molar-refractivity contribution in [1.82, 2.24) is 5.32 Å². The molecular formula is C13H16N2O5. The van der Waals surface area contributed by atoms with E-state index in [2.05, 4.69) is 5.32 Å². The lowest BCUT2D eigenvalue weighted by Gasteiger charge is -2.11. The van der Waals surface area contributed by atoms with Crippen molar-refractivity contribution < 1.29 is 19.6 Å². The van der Waals surface area contributed by atoms with E-state index < -0.39 is 22.8 Å². The molecule has 0 aliphatic heterocycles. The van der Waals surface area contributed by atoms with Gasteiger partial charge in [0.2, 0.25) is 0 Å². The van der Waals surface area contributed by atoms with E-state index in [-0.39, 0.29) is 17.2 Å². The lowest BCUT2D eigenvalue weighted by molar-refractivity contribution is -0.385. The van der Waals surface area contributed by atoms with Crippen LogP contribution in [0.3, 0.4) is 0 Å². The zero-order chi connectivity index (χ0) is 15.4. The number of carboxylic acid groups (broad SMARTS) is 1. The van der Waals surface area contributed by atoms with E-state index in [1.165, 1.54) is 25.1 Å². The quantitative estimate of drug-likeness (QED) is 0.632. The second-order valence-electron chi connectivity index (χ2n) is 4.72. The number of carboxylic acids is 1. The van der Waals surface area contributed by atoms with Crippen molar-refractivity contribution in [3.63, 3.8) is 0 Å². The van der Waals surface area contributed by atoms with Crippen LogP contribution in [0.4, 0.5) is 5.69 Å². The molecule has 7 nitrogen and oxygen atoms in total. The number of carbonyl (C=O) groups excluding carboxylic acids is 1.